The van der Waals surface area contributed by atoms with Gasteiger partial charge in [0.2, 0.25) is 0 Å². The maximum absolute atomic E-state index is 13.2. The molecule has 1 aliphatic heterocycles. The van der Waals surface area contributed by atoms with Crippen molar-refractivity contribution in [3.05, 3.63) is 77.2 Å². The van der Waals surface area contributed by atoms with Gasteiger partial charge in [0.05, 0.1) is 35.4 Å². The largest absolute Gasteiger partial charge is 0.333 e. The van der Waals surface area contributed by atoms with Gasteiger partial charge in [0.15, 0.2) is 5.13 Å². The molecule has 1 unspecified atom stereocenters. The SMILES string of the molecule is C[NH+]1CCc2nc(NC(=O)c3cn(-c4ccccc4)nc3-c3cccnc3)sc2C1. The standard InChI is InChI=1S/C22H20N6OS/c1-27-11-9-18-19(14-27)30-22(24-18)25-21(29)17-13-28(16-7-3-2-4-8-16)26-20(17)15-6-5-10-23-12-15/h2-8,10,12-13H,9,11,14H2,1H3,(H,24,25,29)/p+1. The molecule has 4 heterocycles. The number of aromatic nitrogens is 4. The molecule has 0 aliphatic carbocycles. The summed E-state index contributed by atoms with van der Waals surface area (Å²) in [6.07, 6.45) is 6.13. The molecule has 0 bridgehead atoms. The van der Waals surface area contributed by atoms with Crippen molar-refractivity contribution in [3.8, 4) is 16.9 Å². The summed E-state index contributed by atoms with van der Waals surface area (Å²) in [4.78, 5) is 24.8. The van der Waals surface area contributed by atoms with Crippen LogP contribution in [0.5, 0.6) is 0 Å². The fraction of sp³-hybridized carbons (Fsp3) is 0.182. The van der Waals surface area contributed by atoms with Crippen LogP contribution in [0.15, 0.2) is 61.1 Å². The summed E-state index contributed by atoms with van der Waals surface area (Å²) in [6, 6.07) is 13.5. The lowest BCUT2D eigenvalue weighted by Crippen LogP contribution is -3.08. The normalized spacial score (nSPS) is 15.6. The molecule has 1 amide bonds. The van der Waals surface area contributed by atoms with Crippen molar-refractivity contribution in [1.29, 1.82) is 0 Å². The Hall–Kier alpha value is -3.36. The first-order valence-electron chi connectivity index (χ1n) is 9.84. The van der Waals surface area contributed by atoms with Crippen LogP contribution in [0.25, 0.3) is 16.9 Å². The van der Waals surface area contributed by atoms with Crippen LogP contribution in [-0.2, 0) is 13.0 Å². The zero-order valence-electron chi connectivity index (χ0n) is 16.5. The van der Waals surface area contributed by atoms with Crippen molar-refractivity contribution in [1.82, 2.24) is 19.7 Å². The van der Waals surface area contributed by atoms with E-state index in [4.69, 9.17) is 0 Å². The van der Waals surface area contributed by atoms with Gasteiger partial charge in [-0.05, 0) is 24.3 Å². The first kappa shape index (κ1) is 18.7. The highest BCUT2D eigenvalue weighted by molar-refractivity contribution is 7.15. The van der Waals surface area contributed by atoms with Gasteiger partial charge in [-0.15, -0.1) is 0 Å². The predicted molar refractivity (Wildman–Crippen MR) is 116 cm³/mol. The van der Waals surface area contributed by atoms with Crippen LogP contribution in [-0.4, -0.2) is 39.2 Å². The number of carbonyl (C=O) groups is 1. The minimum atomic E-state index is -0.220. The van der Waals surface area contributed by atoms with E-state index in [1.807, 2.05) is 42.5 Å². The van der Waals surface area contributed by atoms with Gasteiger partial charge in [-0.1, -0.05) is 29.5 Å². The first-order chi connectivity index (χ1) is 14.7. The van der Waals surface area contributed by atoms with Gasteiger partial charge in [-0.2, -0.15) is 5.10 Å². The van der Waals surface area contributed by atoms with Crippen LogP contribution >= 0.6 is 11.3 Å². The summed E-state index contributed by atoms with van der Waals surface area (Å²) >= 11 is 1.56. The fourth-order valence-corrected chi connectivity index (χ4v) is 4.72. The summed E-state index contributed by atoms with van der Waals surface area (Å²) < 4.78 is 1.72. The molecule has 150 valence electrons. The minimum absolute atomic E-state index is 0.220. The Bertz CT molecular complexity index is 1190. The number of hydrogen-bond acceptors (Lipinski definition) is 5. The molecule has 5 rings (SSSR count). The smallest absolute Gasteiger partial charge is 0.261 e. The maximum Gasteiger partial charge on any atom is 0.261 e. The molecule has 0 radical (unpaired) electrons. The number of carbonyl (C=O) groups excluding carboxylic acids is 1. The molecule has 3 aromatic heterocycles. The van der Waals surface area contributed by atoms with E-state index in [2.05, 4.69) is 27.4 Å². The molecular weight excluding hydrogens is 396 g/mol. The molecule has 7 nitrogen and oxygen atoms in total. The Kier molecular flexibility index (Phi) is 4.86. The highest BCUT2D eigenvalue weighted by Gasteiger charge is 2.24. The Balaban J connectivity index is 1.49. The second-order valence-electron chi connectivity index (χ2n) is 7.39. The molecule has 8 heteroatoms. The average Bonchev–Trinajstić information content (AvgIpc) is 3.39. The van der Waals surface area contributed by atoms with E-state index in [0.29, 0.717) is 16.4 Å². The van der Waals surface area contributed by atoms with E-state index in [-0.39, 0.29) is 5.91 Å². The number of amides is 1. The molecule has 1 aliphatic rings. The van der Waals surface area contributed by atoms with Crippen LogP contribution in [0.3, 0.4) is 0 Å². The van der Waals surface area contributed by atoms with E-state index in [1.165, 1.54) is 9.78 Å². The van der Waals surface area contributed by atoms with Crippen molar-refractivity contribution < 1.29 is 9.69 Å². The summed E-state index contributed by atoms with van der Waals surface area (Å²) in [6.45, 7) is 2.02. The van der Waals surface area contributed by atoms with Crippen LogP contribution in [0, 0.1) is 0 Å². The molecular formula is C22H21N6OS+. The zero-order chi connectivity index (χ0) is 20.5. The summed E-state index contributed by atoms with van der Waals surface area (Å²) in [5.41, 5.74) is 3.87. The summed E-state index contributed by atoms with van der Waals surface area (Å²) in [7, 11) is 2.18. The van der Waals surface area contributed by atoms with E-state index < -0.39 is 0 Å². The van der Waals surface area contributed by atoms with E-state index >= 15 is 0 Å². The lowest BCUT2D eigenvalue weighted by Gasteiger charge is -2.17. The van der Waals surface area contributed by atoms with Crippen LogP contribution < -0.4 is 10.2 Å². The minimum Gasteiger partial charge on any atom is -0.333 e. The number of quaternary nitrogens is 1. The zero-order valence-corrected chi connectivity index (χ0v) is 17.3. The second kappa shape index (κ2) is 7.81. The van der Waals surface area contributed by atoms with Crippen LogP contribution in [0.4, 0.5) is 5.13 Å². The number of thiazole rings is 1. The van der Waals surface area contributed by atoms with E-state index in [9.17, 15) is 4.79 Å². The third-order valence-corrected chi connectivity index (χ3v) is 6.18. The van der Waals surface area contributed by atoms with Gasteiger partial charge in [-0.3, -0.25) is 15.1 Å². The van der Waals surface area contributed by atoms with Gasteiger partial charge in [0.1, 0.15) is 12.2 Å². The Morgan fingerprint density at radius 3 is 2.87 bits per heavy atom. The van der Waals surface area contributed by atoms with Crippen molar-refractivity contribution in [3.63, 3.8) is 0 Å². The predicted octanol–water partition coefficient (Wildman–Crippen LogP) is 2.21. The highest BCUT2D eigenvalue weighted by atomic mass is 32.1. The van der Waals surface area contributed by atoms with Gasteiger partial charge in [0, 0.05) is 30.6 Å². The van der Waals surface area contributed by atoms with Gasteiger partial charge in [0.25, 0.3) is 5.91 Å². The number of anilines is 1. The number of pyridine rings is 1. The third kappa shape index (κ3) is 3.62. The molecule has 0 fully saturated rings. The monoisotopic (exact) mass is 417 g/mol. The molecule has 1 atom stereocenters. The molecule has 0 spiro atoms. The average molecular weight is 418 g/mol. The number of hydrogen-bond donors (Lipinski definition) is 2. The number of nitrogens with zero attached hydrogens (tertiary/aromatic N) is 4. The van der Waals surface area contributed by atoms with Gasteiger partial charge in [-0.25, -0.2) is 9.67 Å². The number of nitrogens with one attached hydrogen (secondary N) is 2. The number of rotatable bonds is 4. The Morgan fingerprint density at radius 2 is 2.07 bits per heavy atom. The number of fused-ring (bicyclic) bond motifs is 1. The highest BCUT2D eigenvalue weighted by Crippen LogP contribution is 2.27. The molecule has 4 aromatic rings. The molecule has 0 saturated heterocycles. The topological polar surface area (TPSA) is 77.1 Å². The van der Waals surface area contributed by atoms with E-state index in [1.54, 1.807) is 34.6 Å². The van der Waals surface area contributed by atoms with Crippen molar-refractivity contribution in [2.24, 2.45) is 0 Å². The summed E-state index contributed by atoms with van der Waals surface area (Å²) in [5, 5.41) is 8.32. The van der Waals surface area contributed by atoms with E-state index in [0.717, 1.165) is 36.5 Å². The number of para-hydroxylation sites is 1. The van der Waals surface area contributed by atoms with Gasteiger partial charge < -0.3 is 4.90 Å². The van der Waals surface area contributed by atoms with Crippen molar-refractivity contribution >= 4 is 22.4 Å². The fourth-order valence-electron chi connectivity index (χ4n) is 3.60. The van der Waals surface area contributed by atoms with Crippen molar-refractivity contribution in [2.45, 2.75) is 13.0 Å². The first-order valence-corrected chi connectivity index (χ1v) is 10.7. The molecule has 2 N–H and O–H groups in total. The third-order valence-electron chi connectivity index (χ3n) is 5.16. The lowest BCUT2D eigenvalue weighted by molar-refractivity contribution is -0.895. The molecule has 30 heavy (non-hydrogen) atoms. The number of likely N-dealkylation sites (N-methyl/N-ethyl adjacent to an activating group) is 1. The molecule has 1 aromatic carbocycles. The second-order valence-corrected chi connectivity index (χ2v) is 8.47. The maximum atomic E-state index is 13.2. The molecule has 0 saturated carbocycles. The number of benzene rings is 1. The Morgan fingerprint density at radius 1 is 1.20 bits per heavy atom. The lowest BCUT2D eigenvalue weighted by atomic mass is 10.1. The summed E-state index contributed by atoms with van der Waals surface area (Å²) in [5.74, 6) is -0.220. The van der Waals surface area contributed by atoms with Crippen LogP contribution in [0.1, 0.15) is 20.9 Å². The quantitative estimate of drug-likeness (QED) is 0.534. The Labute approximate surface area is 178 Å². The van der Waals surface area contributed by atoms with Crippen LogP contribution in [0.2, 0.25) is 0 Å². The van der Waals surface area contributed by atoms with Gasteiger partial charge >= 0.3 is 0 Å². The van der Waals surface area contributed by atoms with Crippen molar-refractivity contribution in [2.75, 3.05) is 18.9 Å².